The average molecular weight is 497 g/mol. The number of ketones is 2. The van der Waals surface area contributed by atoms with E-state index in [2.05, 4.69) is 23.3 Å². The number of hydrogen-bond acceptors (Lipinski definition) is 8. The second-order valence-electron chi connectivity index (χ2n) is 7.93. The Hall–Kier alpha value is -3.94. The first-order chi connectivity index (χ1) is 17.2. The van der Waals surface area contributed by atoms with Crippen LogP contribution >= 0.6 is 0 Å². The van der Waals surface area contributed by atoms with Crippen LogP contribution in [0.2, 0.25) is 0 Å². The quantitative estimate of drug-likeness (QED) is 0.279. The molecular formula is C28H32O8. The Morgan fingerprint density at radius 1 is 0.556 bits per heavy atom. The lowest BCUT2D eigenvalue weighted by Crippen LogP contribution is -2.18. The fourth-order valence-corrected chi connectivity index (χ4v) is 3.46. The van der Waals surface area contributed by atoms with Gasteiger partial charge in [-0.05, 0) is 59.4 Å². The van der Waals surface area contributed by atoms with Crippen molar-refractivity contribution in [2.45, 2.75) is 40.5 Å². The Bertz CT molecular complexity index is 994. The smallest absolute Gasteiger partial charge is 0.303 e. The highest BCUT2D eigenvalue weighted by molar-refractivity contribution is 5.91. The molecule has 0 atom stereocenters. The van der Waals surface area contributed by atoms with Gasteiger partial charge in [-0.15, -0.1) is 0 Å². The lowest BCUT2D eigenvalue weighted by atomic mass is 9.91. The number of Topliss-reactive ketones (excluding diaryl/α,β-unsaturated/α-hetero) is 2. The molecule has 192 valence electrons. The van der Waals surface area contributed by atoms with Gasteiger partial charge in [-0.1, -0.05) is 38.1 Å². The topological polar surface area (TPSA) is 105 Å². The van der Waals surface area contributed by atoms with Gasteiger partial charge in [0.2, 0.25) is 11.6 Å². The summed E-state index contributed by atoms with van der Waals surface area (Å²) in [5, 5.41) is 0. The molecule has 0 N–H and O–H groups in total. The fraction of sp³-hybridized carbons (Fsp3) is 0.357. The van der Waals surface area contributed by atoms with Crippen LogP contribution in [-0.4, -0.2) is 49.9 Å². The molecule has 0 fully saturated rings. The molecule has 2 aromatic rings. The van der Waals surface area contributed by atoms with Crippen LogP contribution in [-0.2, 0) is 28.7 Å². The Labute approximate surface area is 211 Å². The van der Waals surface area contributed by atoms with E-state index in [1.54, 1.807) is 24.3 Å². The lowest BCUT2D eigenvalue weighted by Gasteiger charge is -2.15. The van der Waals surface area contributed by atoms with E-state index in [9.17, 15) is 19.2 Å². The van der Waals surface area contributed by atoms with Crippen LogP contribution in [0.4, 0.5) is 0 Å². The van der Waals surface area contributed by atoms with Crippen molar-refractivity contribution in [3.63, 3.8) is 0 Å². The van der Waals surface area contributed by atoms with Crippen molar-refractivity contribution < 1.29 is 38.1 Å². The zero-order valence-corrected chi connectivity index (χ0v) is 21.1. The minimum Gasteiger partial charge on any atom is -0.486 e. The molecule has 2 aromatic carbocycles. The van der Waals surface area contributed by atoms with Gasteiger partial charge in [0.15, 0.2) is 13.2 Å². The maximum Gasteiger partial charge on any atom is 0.303 e. The summed E-state index contributed by atoms with van der Waals surface area (Å²) >= 11 is 0. The van der Waals surface area contributed by atoms with E-state index < -0.39 is 11.9 Å². The molecule has 0 aliphatic heterocycles. The van der Waals surface area contributed by atoms with Crippen molar-refractivity contribution in [3.8, 4) is 11.5 Å². The molecule has 0 aliphatic carbocycles. The second kappa shape index (κ2) is 14.5. The van der Waals surface area contributed by atoms with E-state index in [-0.39, 0.29) is 38.0 Å². The molecule has 8 nitrogen and oxygen atoms in total. The van der Waals surface area contributed by atoms with E-state index in [1.165, 1.54) is 25.0 Å². The normalized spacial score (nSPS) is 11.2. The highest BCUT2D eigenvalue weighted by Crippen LogP contribution is 2.33. The van der Waals surface area contributed by atoms with Crippen LogP contribution in [0.15, 0.2) is 48.5 Å². The van der Waals surface area contributed by atoms with Crippen molar-refractivity contribution in [2.24, 2.45) is 0 Å². The standard InChI is InChI=1S/C28H32O8/c1-5-27(21-7-11-25(12-8-21)35-17-23(31)15-33-19(3)29)28(6-2)22-9-13-26(14-10-22)36-18-24(32)16-34-20(4)30/h7-14H,5-6,15-18H2,1-4H3/b28-27-. The zero-order valence-electron chi connectivity index (χ0n) is 21.1. The molecule has 0 heterocycles. The predicted molar refractivity (Wildman–Crippen MR) is 135 cm³/mol. The minimum absolute atomic E-state index is 0.174. The van der Waals surface area contributed by atoms with Crippen molar-refractivity contribution >= 4 is 34.7 Å². The van der Waals surface area contributed by atoms with Crippen molar-refractivity contribution in [2.75, 3.05) is 26.4 Å². The summed E-state index contributed by atoms with van der Waals surface area (Å²) in [4.78, 5) is 45.0. The number of carbonyl (C=O) groups is 4. The lowest BCUT2D eigenvalue weighted by molar-refractivity contribution is -0.146. The van der Waals surface area contributed by atoms with Gasteiger partial charge in [-0.25, -0.2) is 0 Å². The number of carbonyl (C=O) groups excluding carboxylic acids is 4. The molecule has 8 heteroatoms. The van der Waals surface area contributed by atoms with Crippen molar-refractivity contribution in [1.29, 1.82) is 0 Å². The summed E-state index contributed by atoms with van der Waals surface area (Å²) in [6.07, 6.45) is 1.63. The molecule has 0 unspecified atom stereocenters. The molecular weight excluding hydrogens is 464 g/mol. The van der Waals surface area contributed by atoms with Gasteiger partial charge in [-0.3, -0.25) is 19.2 Å². The first-order valence-electron chi connectivity index (χ1n) is 11.7. The Kier molecular flexibility index (Phi) is 11.4. The van der Waals surface area contributed by atoms with Crippen LogP contribution in [0.1, 0.15) is 51.7 Å². The molecule has 0 bridgehead atoms. The summed E-state index contributed by atoms with van der Waals surface area (Å²) in [5.41, 5.74) is 4.45. The Balaban J connectivity index is 2.06. The molecule has 2 rings (SSSR count). The number of benzene rings is 2. The SMILES string of the molecule is CC/C(=C(\CC)c1ccc(OCC(=O)COC(C)=O)cc1)c1ccc(OCC(=O)COC(C)=O)cc1. The summed E-state index contributed by atoms with van der Waals surface area (Å²) in [5.74, 6) is -0.559. The van der Waals surface area contributed by atoms with E-state index in [1.807, 2.05) is 24.3 Å². The van der Waals surface area contributed by atoms with E-state index in [4.69, 9.17) is 9.47 Å². The van der Waals surface area contributed by atoms with Crippen molar-refractivity contribution in [3.05, 3.63) is 59.7 Å². The van der Waals surface area contributed by atoms with Gasteiger partial charge in [-0.2, -0.15) is 0 Å². The number of allylic oxidation sites excluding steroid dienone is 2. The third kappa shape index (κ3) is 9.37. The molecule has 0 aliphatic rings. The molecule has 0 radical (unpaired) electrons. The van der Waals surface area contributed by atoms with Crippen LogP contribution in [0.25, 0.3) is 11.1 Å². The Morgan fingerprint density at radius 3 is 1.17 bits per heavy atom. The van der Waals surface area contributed by atoms with Crippen LogP contribution < -0.4 is 9.47 Å². The highest BCUT2D eigenvalue weighted by Gasteiger charge is 2.11. The molecule has 0 saturated heterocycles. The molecule has 0 spiro atoms. The molecule has 0 amide bonds. The maximum atomic E-state index is 11.7. The minimum atomic E-state index is -0.508. The van der Waals surface area contributed by atoms with Gasteiger partial charge in [0.05, 0.1) is 0 Å². The summed E-state index contributed by atoms with van der Waals surface area (Å²) in [6, 6.07) is 15.0. The fourth-order valence-electron chi connectivity index (χ4n) is 3.46. The van der Waals surface area contributed by atoms with Crippen LogP contribution in [0.5, 0.6) is 11.5 Å². The summed E-state index contributed by atoms with van der Waals surface area (Å²) < 4.78 is 20.3. The molecule has 0 aromatic heterocycles. The maximum absolute atomic E-state index is 11.7. The van der Waals surface area contributed by atoms with Crippen LogP contribution in [0.3, 0.4) is 0 Å². The Morgan fingerprint density at radius 2 is 0.889 bits per heavy atom. The summed E-state index contributed by atoms with van der Waals surface area (Å²) in [6.45, 7) is 5.73. The molecule has 36 heavy (non-hydrogen) atoms. The van der Waals surface area contributed by atoms with Gasteiger partial charge in [0.25, 0.3) is 0 Å². The van der Waals surface area contributed by atoms with Gasteiger partial charge < -0.3 is 18.9 Å². The third-order valence-electron chi connectivity index (χ3n) is 5.15. The van der Waals surface area contributed by atoms with Crippen molar-refractivity contribution in [1.82, 2.24) is 0 Å². The average Bonchev–Trinajstić information content (AvgIpc) is 2.87. The second-order valence-corrected chi connectivity index (χ2v) is 7.93. The van der Waals surface area contributed by atoms with Gasteiger partial charge >= 0.3 is 11.9 Å². The first-order valence-corrected chi connectivity index (χ1v) is 11.7. The molecule has 0 saturated carbocycles. The van der Waals surface area contributed by atoms with E-state index in [0.717, 1.165) is 24.0 Å². The number of esters is 2. The largest absolute Gasteiger partial charge is 0.486 e. The van der Waals surface area contributed by atoms with E-state index in [0.29, 0.717) is 11.5 Å². The first kappa shape index (κ1) is 28.3. The highest BCUT2D eigenvalue weighted by atomic mass is 16.5. The van der Waals surface area contributed by atoms with Crippen LogP contribution in [0, 0.1) is 0 Å². The predicted octanol–water partition coefficient (Wildman–Crippen LogP) is 4.44. The summed E-state index contributed by atoms with van der Waals surface area (Å²) in [7, 11) is 0. The van der Waals surface area contributed by atoms with Gasteiger partial charge in [0.1, 0.15) is 24.7 Å². The zero-order chi connectivity index (χ0) is 26.5. The number of rotatable bonds is 14. The number of hydrogen-bond donors (Lipinski definition) is 0. The monoisotopic (exact) mass is 496 g/mol. The van der Waals surface area contributed by atoms with E-state index >= 15 is 0 Å². The van der Waals surface area contributed by atoms with Gasteiger partial charge in [0, 0.05) is 13.8 Å². The third-order valence-corrected chi connectivity index (χ3v) is 5.15. The number of ether oxygens (including phenoxy) is 4.